The number of hydrogen-bond donors (Lipinski definition) is 0. The molecule has 0 aliphatic heterocycles. The van der Waals surface area contributed by atoms with Crippen LogP contribution < -0.4 is 0 Å². The largest absolute Gasteiger partial charge is 0.449 e. The summed E-state index contributed by atoms with van der Waals surface area (Å²) >= 11 is 3.40. The number of halogens is 2. The lowest BCUT2D eigenvalue weighted by Crippen LogP contribution is -2.01. The smallest absolute Gasteiger partial charge is 0.229 e. The first kappa shape index (κ1) is 13.1. The average Bonchev–Trinajstić information content (AvgIpc) is 2.87. The van der Waals surface area contributed by atoms with Crippen molar-refractivity contribution in [2.45, 2.75) is 6.92 Å². The van der Waals surface area contributed by atoms with Gasteiger partial charge in [0, 0.05) is 15.4 Å². The summed E-state index contributed by atoms with van der Waals surface area (Å²) in [6, 6.07) is 11.6. The minimum Gasteiger partial charge on any atom is -0.449 e. The normalized spacial score (nSPS) is 10.9. The van der Waals surface area contributed by atoms with Gasteiger partial charge in [0.25, 0.3) is 0 Å². The maximum atomic E-state index is 13.6. The van der Waals surface area contributed by atoms with Gasteiger partial charge in [-0.2, -0.15) is 0 Å². The van der Waals surface area contributed by atoms with Gasteiger partial charge in [0.1, 0.15) is 0 Å². The topological polar surface area (TPSA) is 30.2 Å². The molecule has 0 saturated heterocycles. The van der Waals surface area contributed by atoms with Crippen LogP contribution in [-0.4, -0.2) is 5.78 Å². The van der Waals surface area contributed by atoms with Crippen LogP contribution in [0.3, 0.4) is 0 Å². The molecule has 1 heterocycles. The second-order valence-corrected chi connectivity index (χ2v) is 5.33. The number of benzene rings is 2. The molecule has 0 N–H and O–H groups in total. The third-order valence-corrected chi connectivity index (χ3v) is 4.21. The molecule has 0 bridgehead atoms. The predicted octanol–water partition coefficient (Wildman–Crippen LogP) is 4.87. The molecule has 0 unspecified atom stereocenters. The minimum atomic E-state index is -0.468. The van der Waals surface area contributed by atoms with E-state index in [2.05, 4.69) is 15.9 Å². The zero-order valence-corrected chi connectivity index (χ0v) is 12.2. The fourth-order valence-corrected chi connectivity index (χ4v) is 2.54. The first-order valence-corrected chi connectivity index (χ1v) is 6.85. The molecule has 2 nitrogen and oxygen atoms in total. The highest BCUT2D eigenvalue weighted by molar-refractivity contribution is 9.10. The summed E-state index contributed by atoms with van der Waals surface area (Å²) in [5.74, 6) is -0.600. The van der Waals surface area contributed by atoms with Crippen molar-refractivity contribution in [3.8, 4) is 0 Å². The highest BCUT2D eigenvalue weighted by Gasteiger charge is 2.18. The van der Waals surface area contributed by atoms with Crippen LogP contribution in [0.2, 0.25) is 0 Å². The van der Waals surface area contributed by atoms with Gasteiger partial charge in [0.2, 0.25) is 5.78 Å². The van der Waals surface area contributed by atoms with Crippen LogP contribution in [0, 0.1) is 12.7 Å². The van der Waals surface area contributed by atoms with Crippen LogP contribution >= 0.6 is 15.9 Å². The summed E-state index contributed by atoms with van der Waals surface area (Å²) in [4.78, 5) is 12.5. The van der Waals surface area contributed by atoms with Crippen molar-refractivity contribution in [2.75, 3.05) is 0 Å². The third-order valence-electron chi connectivity index (χ3n) is 3.16. The Kier molecular flexibility index (Phi) is 3.18. The van der Waals surface area contributed by atoms with E-state index in [1.807, 2.05) is 13.0 Å². The molecule has 3 aromatic rings. The number of hydrogen-bond acceptors (Lipinski definition) is 2. The SMILES string of the molecule is Cc1cccc(C(=O)c2cc3cccc(F)c3o2)c1Br. The summed E-state index contributed by atoms with van der Waals surface area (Å²) in [6.45, 7) is 1.90. The van der Waals surface area contributed by atoms with Gasteiger partial charge in [-0.05, 0) is 46.6 Å². The molecule has 0 radical (unpaired) electrons. The van der Waals surface area contributed by atoms with E-state index in [9.17, 15) is 9.18 Å². The Morgan fingerprint density at radius 2 is 1.95 bits per heavy atom. The monoisotopic (exact) mass is 332 g/mol. The van der Waals surface area contributed by atoms with E-state index < -0.39 is 5.82 Å². The fraction of sp³-hybridized carbons (Fsp3) is 0.0625. The Balaban J connectivity index is 2.13. The Hall–Kier alpha value is -1.94. The molecule has 2 aromatic carbocycles. The molecule has 0 saturated carbocycles. The zero-order valence-electron chi connectivity index (χ0n) is 10.6. The van der Waals surface area contributed by atoms with Gasteiger partial charge < -0.3 is 4.42 Å². The van der Waals surface area contributed by atoms with Gasteiger partial charge >= 0.3 is 0 Å². The number of fused-ring (bicyclic) bond motifs is 1. The van der Waals surface area contributed by atoms with Gasteiger partial charge in [0.15, 0.2) is 17.2 Å². The molecule has 0 fully saturated rings. The molecule has 3 rings (SSSR count). The molecule has 4 heteroatoms. The highest BCUT2D eigenvalue weighted by atomic mass is 79.9. The van der Waals surface area contributed by atoms with Crippen molar-refractivity contribution in [3.63, 3.8) is 0 Å². The zero-order chi connectivity index (χ0) is 14.3. The molecule has 0 aliphatic rings. The van der Waals surface area contributed by atoms with E-state index >= 15 is 0 Å². The number of para-hydroxylation sites is 1. The van der Waals surface area contributed by atoms with Crippen molar-refractivity contribution < 1.29 is 13.6 Å². The lowest BCUT2D eigenvalue weighted by atomic mass is 10.1. The third kappa shape index (κ3) is 2.06. The van der Waals surface area contributed by atoms with E-state index in [0.29, 0.717) is 10.9 Å². The van der Waals surface area contributed by atoms with Crippen LogP contribution in [0.25, 0.3) is 11.0 Å². The van der Waals surface area contributed by atoms with Crippen LogP contribution in [0.5, 0.6) is 0 Å². The first-order valence-electron chi connectivity index (χ1n) is 6.06. The van der Waals surface area contributed by atoms with Crippen molar-refractivity contribution in [1.29, 1.82) is 0 Å². The molecule has 1 aromatic heterocycles. The van der Waals surface area contributed by atoms with Crippen molar-refractivity contribution in [1.82, 2.24) is 0 Å². The highest BCUT2D eigenvalue weighted by Crippen LogP contribution is 2.27. The number of ketones is 1. The Morgan fingerprint density at radius 3 is 2.70 bits per heavy atom. The van der Waals surface area contributed by atoms with Crippen molar-refractivity contribution in [3.05, 3.63) is 69.6 Å². The lowest BCUT2D eigenvalue weighted by Gasteiger charge is -2.03. The second-order valence-electron chi connectivity index (χ2n) is 4.53. The van der Waals surface area contributed by atoms with E-state index in [4.69, 9.17) is 4.42 Å². The number of carbonyl (C=O) groups excluding carboxylic acids is 1. The standard InChI is InChI=1S/C16H10BrFO2/c1-9-4-2-6-11(14(9)17)15(19)13-8-10-5-3-7-12(18)16(10)20-13/h2-8H,1H3. The average molecular weight is 333 g/mol. The quantitative estimate of drug-likeness (QED) is 0.626. The van der Waals surface area contributed by atoms with Crippen LogP contribution in [0.4, 0.5) is 4.39 Å². The number of carbonyl (C=O) groups is 1. The molecule has 0 atom stereocenters. The first-order chi connectivity index (χ1) is 9.58. The molecule has 0 aliphatic carbocycles. The van der Waals surface area contributed by atoms with Gasteiger partial charge in [-0.3, -0.25) is 4.79 Å². The van der Waals surface area contributed by atoms with Crippen molar-refractivity contribution in [2.24, 2.45) is 0 Å². The van der Waals surface area contributed by atoms with Gasteiger partial charge in [-0.25, -0.2) is 4.39 Å². The van der Waals surface area contributed by atoms with Gasteiger partial charge in [-0.15, -0.1) is 0 Å². The van der Waals surface area contributed by atoms with Crippen molar-refractivity contribution >= 4 is 32.7 Å². The summed E-state index contributed by atoms with van der Waals surface area (Å²) in [5.41, 5.74) is 1.57. The second kappa shape index (κ2) is 4.87. The molecular formula is C16H10BrFO2. The summed E-state index contributed by atoms with van der Waals surface area (Å²) in [6.07, 6.45) is 0. The molecule has 0 spiro atoms. The summed E-state index contributed by atoms with van der Waals surface area (Å²) in [7, 11) is 0. The van der Waals surface area contributed by atoms with Crippen LogP contribution in [0.15, 0.2) is 51.4 Å². The fourth-order valence-electron chi connectivity index (χ4n) is 2.09. The minimum absolute atomic E-state index is 0.111. The van der Waals surface area contributed by atoms with Gasteiger partial charge in [0.05, 0.1) is 0 Å². The Morgan fingerprint density at radius 1 is 1.20 bits per heavy atom. The maximum absolute atomic E-state index is 13.6. The predicted molar refractivity (Wildman–Crippen MR) is 78.5 cm³/mol. The maximum Gasteiger partial charge on any atom is 0.229 e. The summed E-state index contributed by atoms with van der Waals surface area (Å²) in [5, 5.41) is 0.581. The van der Waals surface area contributed by atoms with E-state index in [0.717, 1.165) is 10.0 Å². The summed E-state index contributed by atoms with van der Waals surface area (Å²) < 4.78 is 19.7. The van der Waals surface area contributed by atoms with Gasteiger partial charge in [-0.1, -0.05) is 24.3 Å². The number of aryl methyl sites for hydroxylation is 1. The molecule has 100 valence electrons. The number of furan rings is 1. The van der Waals surface area contributed by atoms with Crippen LogP contribution in [0.1, 0.15) is 21.7 Å². The Labute approximate surface area is 123 Å². The van der Waals surface area contributed by atoms with E-state index in [1.54, 1.807) is 30.3 Å². The molecular weight excluding hydrogens is 323 g/mol. The molecule has 20 heavy (non-hydrogen) atoms. The van der Waals surface area contributed by atoms with E-state index in [1.165, 1.54) is 6.07 Å². The Bertz CT molecular complexity index is 820. The van der Waals surface area contributed by atoms with E-state index in [-0.39, 0.29) is 17.1 Å². The number of rotatable bonds is 2. The lowest BCUT2D eigenvalue weighted by molar-refractivity contribution is 0.101. The molecule has 0 amide bonds. The van der Waals surface area contributed by atoms with Crippen LogP contribution in [-0.2, 0) is 0 Å².